The SMILES string of the molecule is CNNNNC(N)c1ccccc1. The average molecular weight is 181 g/mol. The third-order valence-corrected chi connectivity index (χ3v) is 1.57. The van der Waals surface area contributed by atoms with E-state index in [2.05, 4.69) is 21.9 Å². The average Bonchev–Trinajstić information content (AvgIpc) is 2.19. The van der Waals surface area contributed by atoms with E-state index >= 15 is 0 Å². The molecular weight excluding hydrogens is 166 g/mol. The lowest BCUT2D eigenvalue weighted by Crippen LogP contribution is -2.52. The Labute approximate surface area is 77.6 Å². The zero-order valence-corrected chi connectivity index (χ0v) is 7.54. The summed E-state index contributed by atoms with van der Waals surface area (Å²) in [4.78, 5) is 0. The van der Waals surface area contributed by atoms with Crippen LogP contribution in [0.2, 0.25) is 0 Å². The van der Waals surface area contributed by atoms with Crippen LogP contribution in [0.4, 0.5) is 0 Å². The molecule has 0 amide bonds. The molecular formula is C8H15N5. The molecule has 6 N–H and O–H groups in total. The second kappa shape index (κ2) is 5.63. The molecule has 0 heterocycles. The number of benzene rings is 1. The molecule has 1 rings (SSSR count). The first-order valence-electron chi connectivity index (χ1n) is 4.07. The van der Waals surface area contributed by atoms with E-state index in [1.54, 1.807) is 7.05 Å². The van der Waals surface area contributed by atoms with Gasteiger partial charge in [-0.2, -0.15) is 11.1 Å². The van der Waals surface area contributed by atoms with Gasteiger partial charge in [-0.05, 0) is 12.6 Å². The third-order valence-electron chi connectivity index (χ3n) is 1.57. The summed E-state index contributed by atoms with van der Waals surface area (Å²) in [5.41, 5.74) is 17.7. The van der Waals surface area contributed by atoms with Gasteiger partial charge in [0.15, 0.2) is 0 Å². The molecule has 1 atom stereocenters. The highest BCUT2D eigenvalue weighted by molar-refractivity contribution is 5.17. The molecule has 72 valence electrons. The van der Waals surface area contributed by atoms with Crippen LogP contribution in [0, 0.1) is 0 Å². The van der Waals surface area contributed by atoms with E-state index in [4.69, 9.17) is 5.73 Å². The van der Waals surface area contributed by atoms with Gasteiger partial charge in [0.05, 0.1) is 6.17 Å². The van der Waals surface area contributed by atoms with Crippen LogP contribution in [0.25, 0.3) is 0 Å². The fraction of sp³-hybridized carbons (Fsp3) is 0.250. The number of hydrogen-bond acceptors (Lipinski definition) is 5. The van der Waals surface area contributed by atoms with E-state index in [-0.39, 0.29) is 6.17 Å². The number of rotatable bonds is 5. The highest BCUT2D eigenvalue weighted by atomic mass is 15.7. The fourth-order valence-electron chi connectivity index (χ4n) is 0.920. The maximum atomic E-state index is 5.79. The van der Waals surface area contributed by atoms with Crippen molar-refractivity contribution in [2.45, 2.75) is 6.17 Å². The van der Waals surface area contributed by atoms with Crippen LogP contribution in [0.15, 0.2) is 30.3 Å². The Kier molecular flexibility index (Phi) is 4.37. The Morgan fingerprint density at radius 3 is 2.46 bits per heavy atom. The van der Waals surface area contributed by atoms with Gasteiger partial charge in [-0.3, -0.25) is 0 Å². The molecule has 0 spiro atoms. The van der Waals surface area contributed by atoms with E-state index in [0.717, 1.165) is 5.56 Å². The molecule has 1 aromatic rings. The molecule has 0 bridgehead atoms. The Bertz CT molecular complexity index is 225. The summed E-state index contributed by atoms with van der Waals surface area (Å²) in [6.45, 7) is 0. The van der Waals surface area contributed by atoms with Crippen LogP contribution in [0.5, 0.6) is 0 Å². The lowest BCUT2D eigenvalue weighted by Gasteiger charge is -2.14. The highest BCUT2D eigenvalue weighted by Crippen LogP contribution is 2.04. The van der Waals surface area contributed by atoms with Gasteiger partial charge in [0, 0.05) is 0 Å². The highest BCUT2D eigenvalue weighted by Gasteiger charge is 2.01. The van der Waals surface area contributed by atoms with Crippen molar-refractivity contribution in [2.24, 2.45) is 5.73 Å². The van der Waals surface area contributed by atoms with Gasteiger partial charge in [0.1, 0.15) is 0 Å². The van der Waals surface area contributed by atoms with Crippen LogP contribution < -0.4 is 27.7 Å². The Morgan fingerprint density at radius 1 is 1.15 bits per heavy atom. The maximum Gasteiger partial charge on any atom is 0.0952 e. The zero-order chi connectivity index (χ0) is 9.52. The van der Waals surface area contributed by atoms with E-state index < -0.39 is 0 Å². The van der Waals surface area contributed by atoms with Crippen molar-refractivity contribution in [2.75, 3.05) is 7.05 Å². The van der Waals surface area contributed by atoms with E-state index in [0.29, 0.717) is 0 Å². The summed E-state index contributed by atoms with van der Waals surface area (Å²) in [7, 11) is 1.75. The summed E-state index contributed by atoms with van der Waals surface area (Å²) in [6.07, 6.45) is -0.234. The van der Waals surface area contributed by atoms with Crippen molar-refractivity contribution in [3.8, 4) is 0 Å². The van der Waals surface area contributed by atoms with Gasteiger partial charge in [0.25, 0.3) is 0 Å². The third kappa shape index (κ3) is 3.49. The largest absolute Gasteiger partial charge is 0.311 e. The van der Waals surface area contributed by atoms with Crippen molar-refractivity contribution >= 4 is 0 Å². The quantitative estimate of drug-likeness (QED) is 0.238. The molecule has 0 saturated heterocycles. The summed E-state index contributed by atoms with van der Waals surface area (Å²) in [5, 5.41) is 0. The van der Waals surface area contributed by atoms with Crippen LogP contribution in [0.3, 0.4) is 0 Å². The molecule has 0 aliphatic rings. The van der Waals surface area contributed by atoms with Crippen LogP contribution in [-0.2, 0) is 0 Å². The lowest BCUT2D eigenvalue weighted by molar-refractivity contribution is 0.349. The summed E-state index contributed by atoms with van der Waals surface area (Å²) in [5.74, 6) is 0. The Hall–Kier alpha value is -0.980. The molecule has 0 saturated carbocycles. The predicted octanol–water partition coefficient (Wildman–Crippen LogP) is -0.623. The van der Waals surface area contributed by atoms with Gasteiger partial charge in [0.2, 0.25) is 0 Å². The molecule has 0 aliphatic heterocycles. The van der Waals surface area contributed by atoms with Crippen molar-refractivity contribution in [3.63, 3.8) is 0 Å². The second-order valence-electron chi connectivity index (χ2n) is 2.53. The lowest BCUT2D eigenvalue weighted by atomic mass is 10.2. The first-order valence-corrected chi connectivity index (χ1v) is 4.07. The van der Waals surface area contributed by atoms with E-state index in [1.165, 1.54) is 0 Å². The minimum Gasteiger partial charge on any atom is -0.311 e. The van der Waals surface area contributed by atoms with E-state index in [9.17, 15) is 0 Å². The first-order chi connectivity index (χ1) is 6.34. The molecule has 0 aromatic heterocycles. The smallest absolute Gasteiger partial charge is 0.0952 e. The van der Waals surface area contributed by atoms with Crippen LogP contribution in [-0.4, -0.2) is 7.05 Å². The number of hydrazine groups is 3. The molecule has 13 heavy (non-hydrogen) atoms. The summed E-state index contributed by atoms with van der Waals surface area (Å²) < 4.78 is 0. The predicted molar refractivity (Wildman–Crippen MR) is 51.8 cm³/mol. The molecule has 0 fully saturated rings. The van der Waals surface area contributed by atoms with Gasteiger partial charge in [-0.15, -0.1) is 0 Å². The number of nitrogens with one attached hydrogen (secondary N) is 4. The second-order valence-corrected chi connectivity index (χ2v) is 2.53. The first kappa shape index (κ1) is 10.1. The zero-order valence-electron chi connectivity index (χ0n) is 7.54. The van der Waals surface area contributed by atoms with Gasteiger partial charge >= 0.3 is 0 Å². The van der Waals surface area contributed by atoms with Gasteiger partial charge in [-0.25, -0.2) is 10.9 Å². The molecule has 5 nitrogen and oxygen atoms in total. The van der Waals surface area contributed by atoms with Crippen LogP contribution in [0.1, 0.15) is 11.7 Å². The van der Waals surface area contributed by atoms with Crippen LogP contribution >= 0.6 is 0 Å². The fourth-order valence-corrected chi connectivity index (χ4v) is 0.920. The number of nitrogens with two attached hydrogens (primary N) is 1. The molecule has 0 radical (unpaired) electrons. The molecule has 5 heteroatoms. The normalized spacial score (nSPS) is 12.8. The molecule has 1 unspecified atom stereocenters. The van der Waals surface area contributed by atoms with Gasteiger partial charge < -0.3 is 5.73 Å². The Balaban J connectivity index is 2.35. The van der Waals surface area contributed by atoms with Crippen molar-refractivity contribution in [3.05, 3.63) is 35.9 Å². The summed E-state index contributed by atoms with van der Waals surface area (Å²) >= 11 is 0. The standard InChI is InChI=1S/C8H15N5/c1-10-12-13-11-8(9)7-5-3-2-4-6-7/h2-6,8,10-13H,9H2,1H3. The van der Waals surface area contributed by atoms with Gasteiger partial charge in [-0.1, -0.05) is 30.3 Å². The van der Waals surface area contributed by atoms with Crippen molar-refractivity contribution in [1.82, 2.24) is 21.9 Å². The van der Waals surface area contributed by atoms with E-state index in [1.807, 2.05) is 30.3 Å². The minimum absolute atomic E-state index is 0.234. The van der Waals surface area contributed by atoms with Crippen molar-refractivity contribution < 1.29 is 0 Å². The Morgan fingerprint density at radius 2 is 1.85 bits per heavy atom. The summed E-state index contributed by atoms with van der Waals surface area (Å²) in [6, 6.07) is 9.76. The molecule has 1 aromatic carbocycles. The topological polar surface area (TPSA) is 74.1 Å². The monoisotopic (exact) mass is 181 g/mol. The minimum atomic E-state index is -0.234. The molecule has 0 aliphatic carbocycles. The van der Waals surface area contributed by atoms with Crippen molar-refractivity contribution in [1.29, 1.82) is 0 Å². The number of hydrogen-bond donors (Lipinski definition) is 5. The maximum absolute atomic E-state index is 5.79.